The number of aromatic amines is 1. The van der Waals surface area contributed by atoms with Crippen molar-refractivity contribution < 1.29 is 9.13 Å². The molecule has 0 aliphatic heterocycles. The topological polar surface area (TPSA) is 37.9 Å². The summed E-state index contributed by atoms with van der Waals surface area (Å²) in [4.78, 5) is 0. The van der Waals surface area contributed by atoms with Gasteiger partial charge in [0.15, 0.2) is 0 Å². The molecule has 0 saturated carbocycles. The average Bonchev–Trinajstić information content (AvgIpc) is 2.30. The van der Waals surface area contributed by atoms with Crippen molar-refractivity contribution in [3.63, 3.8) is 0 Å². The number of benzene rings is 1. The van der Waals surface area contributed by atoms with E-state index in [0.717, 1.165) is 0 Å². The predicted octanol–water partition coefficient (Wildman–Crippen LogP) is 2.95. The van der Waals surface area contributed by atoms with Gasteiger partial charge in [-0.25, -0.2) is 4.39 Å². The fourth-order valence-electron chi connectivity index (χ4n) is 1.37. The molecule has 0 spiro atoms. The minimum Gasteiger partial charge on any atom is -0.496 e. The highest BCUT2D eigenvalue weighted by molar-refractivity contribution is 7.71. The molecule has 0 saturated heterocycles. The Hall–Kier alpha value is -1.75. The van der Waals surface area contributed by atoms with E-state index >= 15 is 0 Å². The summed E-state index contributed by atoms with van der Waals surface area (Å²) in [6, 6.07) is 7.69. The maximum absolute atomic E-state index is 13.1. The van der Waals surface area contributed by atoms with E-state index < -0.39 is 0 Å². The number of methoxy groups -OCH3 is 1. The Kier molecular flexibility index (Phi) is 2.96. The van der Waals surface area contributed by atoms with Crippen LogP contribution in [0, 0.1) is 10.5 Å². The van der Waals surface area contributed by atoms with E-state index in [-0.39, 0.29) is 5.82 Å². The maximum atomic E-state index is 13.1. The summed E-state index contributed by atoms with van der Waals surface area (Å²) in [5.41, 5.74) is 1.18. The number of halogens is 1. The molecule has 1 aromatic carbocycles. The van der Waals surface area contributed by atoms with Crippen LogP contribution in [0.5, 0.6) is 5.75 Å². The Morgan fingerprint density at radius 3 is 2.75 bits per heavy atom. The highest BCUT2D eigenvalue weighted by Crippen LogP contribution is 2.28. The van der Waals surface area contributed by atoms with Gasteiger partial charge in [0.1, 0.15) is 16.2 Å². The highest BCUT2D eigenvalue weighted by atomic mass is 32.1. The van der Waals surface area contributed by atoms with Gasteiger partial charge in [0.2, 0.25) is 0 Å². The fourth-order valence-corrected chi connectivity index (χ4v) is 1.49. The summed E-state index contributed by atoms with van der Waals surface area (Å²) < 4.78 is 18.8. The summed E-state index contributed by atoms with van der Waals surface area (Å²) in [6.45, 7) is 0. The fraction of sp³-hybridized carbons (Fsp3) is 0.0909. The first kappa shape index (κ1) is 10.8. The highest BCUT2D eigenvalue weighted by Gasteiger charge is 2.08. The van der Waals surface area contributed by atoms with Crippen LogP contribution in [0.1, 0.15) is 0 Å². The molecule has 0 aliphatic rings. The number of nitrogens with one attached hydrogen (secondary N) is 1. The first-order valence-electron chi connectivity index (χ1n) is 4.60. The summed E-state index contributed by atoms with van der Waals surface area (Å²) in [6.07, 6.45) is 0. The third-order valence-corrected chi connectivity index (χ3v) is 2.34. The normalized spacial score (nSPS) is 10.1. The monoisotopic (exact) mass is 236 g/mol. The third kappa shape index (κ3) is 2.09. The number of hydrogen-bond acceptors (Lipinski definition) is 3. The van der Waals surface area contributed by atoms with E-state index in [1.807, 2.05) is 0 Å². The van der Waals surface area contributed by atoms with Crippen LogP contribution < -0.4 is 4.74 Å². The van der Waals surface area contributed by atoms with Crippen LogP contribution in [0.4, 0.5) is 4.39 Å². The minimum atomic E-state index is -0.333. The van der Waals surface area contributed by atoms with Crippen molar-refractivity contribution in [1.82, 2.24) is 10.2 Å². The Morgan fingerprint density at radius 2 is 2.12 bits per heavy atom. The Morgan fingerprint density at radius 1 is 1.31 bits per heavy atom. The molecule has 0 fully saturated rings. The lowest BCUT2D eigenvalue weighted by molar-refractivity contribution is 0.415. The molecule has 1 heterocycles. The van der Waals surface area contributed by atoms with Crippen LogP contribution >= 0.6 is 12.2 Å². The maximum Gasteiger partial charge on any atom is 0.128 e. The lowest BCUT2D eigenvalue weighted by Gasteiger charge is -2.07. The number of hydrogen-bond donors (Lipinski definition) is 1. The molecule has 5 heteroatoms. The summed E-state index contributed by atoms with van der Waals surface area (Å²) in [5.74, 6) is 0.236. The Bertz CT molecular complexity index is 548. The van der Waals surface area contributed by atoms with E-state index in [1.54, 1.807) is 18.2 Å². The van der Waals surface area contributed by atoms with Crippen LogP contribution in [-0.4, -0.2) is 17.3 Å². The molecule has 0 atom stereocenters. The van der Waals surface area contributed by atoms with E-state index in [4.69, 9.17) is 17.0 Å². The van der Waals surface area contributed by atoms with Crippen LogP contribution in [0.25, 0.3) is 11.3 Å². The van der Waals surface area contributed by atoms with Gasteiger partial charge in [-0.05, 0) is 30.3 Å². The molecular formula is C11H9FN2OS. The van der Waals surface area contributed by atoms with Crippen molar-refractivity contribution in [2.45, 2.75) is 0 Å². The van der Waals surface area contributed by atoms with Crippen molar-refractivity contribution in [2.24, 2.45) is 0 Å². The van der Waals surface area contributed by atoms with Gasteiger partial charge in [0, 0.05) is 5.56 Å². The quantitative estimate of drug-likeness (QED) is 0.815. The largest absolute Gasteiger partial charge is 0.496 e. The minimum absolute atomic E-state index is 0.333. The average molecular weight is 236 g/mol. The number of nitrogens with zero attached hydrogens (tertiary/aromatic N) is 1. The van der Waals surface area contributed by atoms with Gasteiger partial charge in [0.25, 0.3) is 0 Å². The van der Waals surface area contributed by atoms with Crippen LogP contribution in [-0.2, 0) is 0 Å². The third-order valence-electron chi connectivity index (χ3n) is 2.12. The molecule has 0 amide bonds. The van der Waals surface area contributed by atoms with Crippen molar-refractivity contribution in [3.8, 4) is 17.0 Å². The second-order valence-electron chi connectivity index (χ2n) is 3.15. The van der Waals surface area contributed by atoms with E-state index in [1.165, 1.54) is 19.2 Å². The lowest BCUT2D eigenvalue weighted by atomic mass is 10.1. The zero-order chi connectivity index (χ0) is 11.5. The zero-order valence-corrected chi connectivity index (χ0v) is 9.34. The number of aromatic nitrogens is 2. The predicted molar refractivity (Wildman–Crippen MR) is 61.4 cm³/mol. The number of rotatable bonds is 2. The second-order valence-corrected chi connectivity index (χ2v) is 3.59. The van der Waals surface area contributed by atoms with Crippen molar-refractivity contribution in [2.75, 3.05) is 7.11 Å². The Balaban J connectivity index is 2.57. The molecule has 16 heavy (non-hydrogen) atoms. The van der Waals surface area contributed by atoms with Crippen molar-refractivity contribution in [1.29, 1.82) is 0 Å². The second kappa shape index (κ2) is 4.40. The molecule has 2 rings (SSSR count). The van der Waals surface area contributed by atoms with Crippen LogP contribution in [0.15, 0.2) is 30.3 Å². The van der Waals surface area contributed by atoms with Crippen LogP contribution in [0.2, 0.25) is 0 Å². The SMILES string of the molecule is COc1ccc(F)cc1-c1ccc(=S)[nH]n1. The molecule has 0 bridgehead atoms. The summed E-state index contributed by atoms with van der Waals surface area (Å²) >= 11 is 4.89. The van der Waals surface area contributed by atoms with Gasteiger partial charge in [-0.3, -0.25) is 5.10 Å². The smallest absolute Gasteiger partial charge is 0.128 e. The van der Waals surface area contributed by atoms with Gasteiger partial charge in [-0.15, -0.1) is 0 Å². The molecule has 0 radical (unpaired) electrons. The van der Waals surface area contributed by atoms with E-state index in [0.29, 0.717) is 21.6 Å². The summed E-state index contributed by atoms with van der Waals surface area (Å²) in [5, 5.41) is 6.68. The zero-order valence-electron chi connectivity index (χ0n) is 8.53. The number of ether oxygens (including phenoxy) is 1. The first-order chi connectivity index (χ1) is 7.70. The molecule has 82 valence electrons. The molecule has 1 N–H and O–H groups in total. The van der Waals surface area contributed by atoms with Crippen molar-refractivity contribution >= 4 is 12.2 Å². The van der Waals surface area contributed by atoms with Crippen molar-refractivity contribution in [3.05, 3.63) is 40.8 Å². The molecule has 2 aromatic rings. The van der Waals surface area contributed by atoms with Gasteiger partial charge in [-0.1, -0.05) is 12.2 Å². The van der Waals surface area contributed by atoms with Gasteiger partial charge in [-0.2, -0.15) is 5.10 Å². The van der Waals surface area contributed by atoms with Gasteiger partial charge < -0.3 is 4.74 Å². The first-order valence-corrected chi connectivity index (χ1v) is 5.01. The standard InChI is InChI=1S/C11H9FN2OS/c1-15-10-4-2-7(12)6-8(10)9-3-5-11(16)14-13-9/h2-6H,1H3,(H,14,16). The molecule has 0 unspecified atom stereocenters. The number of H-pyrrole nitrogens is 1. The van der Waals surface area contributed by atoms with Gasteiger partial charge in [0.05, 0.1) is 12.8 Å². The van der Waals surface area contributed by atoms with E-state index in [2.05, 4.69) is 10.2 Å². The molecular weight excluding hydrogens is 227 g/mol. The molecule has 3 nitrogen and oxygen atoms in total. The molecule has 1 aromatic heterocycles. The van der Waals surface area contributed by atoms with Crippen LogP contribution in [0.3, 0.4) is 0 Å². The van der Waals surface area contributed by atoms with E-state index in [9.17, 15) is 4.39 Å². The summed E-state index contributed by atoms with van der Waals surface area (Å²) in [7, 11) is 1.53. The molecule has 0 aliphatic carbocycles. The Labute approximate surface area is 96.9 Å². The van der Waals surface area contributed by atoms with Gasteiger partial charge >= 0.3 is 0 Å². The lowest BCUT2D eigenvalue weighted by Crippen LogP contribution is -1.92.